The fourth-order valence-electron chi connectivity index (χ4n) is 1.34. The van der Waals surface area contributed by atoms with Crippen LogP contribution in [0.25, 0.3) is 10.8 Å². The molecular weight excluding hydrogens is 172 g/mol. The first-order chi connectivity index (χ1) is 6.90. The number of hydrogen-bond acceptors (Lipinski definition) is 1. The summed E-state index contributed by atoms with van der Waals surface area (Å²) in [5.41, 5.74) is 0. The number of benzene rings is 2. The normalized spacial score (nSPS) is 10.0. The summed E-state index contributed by atoms with van der Waals surface area (Å²) in [5.74, 6) is 0.872. The highest BCUT2D eigenvalue weighted by atomic mass is 16.5. The van der Waals surface area contributed by atoms with Crippen LogP contribution in [0.4, 0.5) is 0 Å². The van der Waals surface area contributed by atoms with Crippen LogP contribution in [0.3, 0.4) is 0 Å². The number of fused-ring (bicyclic) bond motifs is 1. The van der Waals surface area contributed by atoms with Crippen LogP contribution in [-0.4, -0.2) is 6.61 Å². The van der Waals surface area contributed by atoms with Gasteiger partial charge in [0.2, 0.25) is 0 Å². The van der Waals surface area contributed by atoms with E-state index in [1.54, 1.807) is 6.08 Å². The van der Waals surface area contributed by atoms with Crippen molar-refractivity contribution < 1.29 is 4.74 Å². The van der Waals surface area contributed by atoms with Crippen molar-refractivity contribution in [2.24, 2.45) is 0 Å². The molecule has 0 spiro atoms. The second kappa shape index (κ2) is 3.97. The van der Waals surface area contributed by atoms with Gasteiger partial charge in [-0.15, -0.1) is 0 Å². The Hall–Kier alpha value is -1.76. The molecule has 2 rings (SSSR count). The van der Waals surface area contributed by atoms with Crippen molar-refractivity contribution in [3.8, 4) is 5.75 Å². The van der Waals surface area contributed by atoms with Crippen LogP contribution in [-0.2, 0) is 0 Å². The van der Waals surface area contributed by atoms with Crippen LogP contribution >= 0.6 is 0 Å². The maximum atomic E-state index is 5.43. The highest BCUT2D eigenvalue weighted by Crippen LogP contribution is 2.19. The van der Waals surface area contributed by atoms with Gasteiger partial charge in [0.15, 0.2) is 0 Å². The van der Waals surface area contributed by atoms with E-state index >= 15 is 0 Å². The zero-order chi connectivity index (χ0) is 9.80. The minimum atomic E-state index is 0.544. The molecule has 0 heterocycles. The predicted molar refractivity (Wildman–Crippen MR) is 58.5 cm³/mol. The monoisotopic (exact) mass is 183 g/mol. The summed E-state index contributed by atoms with van der Waals surface area (Å²) in [7, 11) is 0. The summed E-state index contributed by atoms with van der Waals surface area (Å²) in [6.45, 7) is 4.15. The molecule has 0 saturated heterocycles. The quantitative estimate of drug-likeness (QED) is 0.664. The zero-order valence-corrected chi connectivity index (χ0v) is 7.86. The topological polar surface area (TPSA) is 9.23 Å². The van der Waals surface area contributed by atoms with E-state index in [-0.39, 0.29) is 0 Å². The molecule has 0 unspecified atom stereocenters. The Morgan fingerprint density at radius 2 is 2.29 bits per heavy atom. The van der Waals surface area contributed by atoms with E-state index in [4.69, 9.17) is 4.74 Å². The number of ether oxygens (including phenoxy) is 1. The molecule has 1 radical (unpaired) electrons. The summed E-state index contributed by atoms with van der Waals surface area (Å²) < 4.78 is 5.43. The molecule has 0 aromatic heterocycles. The van der Waals surface area contributed by atoms with Crippen LogP contribution in [0.5, 0.6) is 5.75 Å². The smallest absolute Gasteiger partial charge is 0.120 e. The second-order valence-electron chi connectivity index (χ2n) is 3.02. The fourth-order valence-corrected chi connectivity index (χ4v) is 1.34. The third-order valence-electron chi connectivity index (χ3n) is 2.00. The van der Waals surface area contributed by atoms with Gasteiger partial charge in [0.25, 0.3) is 0 Å². The van der Waals surface area contributed by atoms with Crippen LogP contribution in [0.2, 0.25) is 0 Å². The van der Waals surface area contributed by atoms with Gasteiger partial charge >= 0.3 is 0 Å². The van der Waals surface area contributed by atoms with E-state index in [1.807, 2.05) is 36.4 Å². The van der Waals surface area contributed by atoms with Crippen LogP contribution in [0, 0.1) is 6.07 Å². The minimum absolute atomic E-state index is 0.544. The highest BCUT2D eigenvalue weighted by molar-refractivity contribution is 5.83. The Kier molecular flexibility index (Phi) is 2.50. The maximum absolute atomic E-state index is 5.43. The van der Waals surface area contributed by atoms with Crippen molar-refractivity contribution >= 4 is 10.8 Å². The van der Waals surface area contributed by atoms with Crippen LogP contribution in [0.15, 0.2) is 49.1 Å². The van der Waals surface area contributed by atoms with Crippen molar-refractivity contribution in [1.82, 2.24) is 0 Å². The largest absolute Gasteiger partial charge is 0.490 e. The second-order valence-corrected chi connectivity index (χ2v) is 3.02. The lowest BCUT2D eigenvalue weighted by atomic mass is 10.1. The average molecular weight is 183 g/mol. The Bertz CT molecular complexity index is 446. The van der Waals surface area contributed by atoms with E-state index in [1.165, 1.54) is 0 Å². The van der Waals surface area contributed by atoms with Crippen molar-refractivity contribution in [3.63, 3.8) is 0 Å². The van der Waals surface area contributed by atoms with Crippen LogP contribution in [0.1, 0.15) is 0 Å². The van der Waals surface area contributed by atoms with Crippen LogP contribution < -0.4 is 4.74 Å². The molecule has 0 saturated carbocycles. The minimum Gasteiger partial charge on any atom is -0.490 e. The molecule has 1 heteroatoms. The standard InChI is InChI=1S/C13H11O/c1-2-9-14-13-8-7-11-5-3-4-6-12(11)10-13/h2-4,6-8,10H,1,9H2. The van der Waals surface area contributed by atoms with E-state index in [0.29, 0.717) is 6.61 Å². The van der Waals surface area contributed by atoms with Gasteiger partial charge in [0.1, 0.15) is 12.4 Å². The first-order valence-corrected chi connectivity index (χ1v) is 4.54. The fraction of sp³-hybridized carbons (Fsp3) is 0.0769. The molecule has 14 heavy (non-hydrogen) atoms. The van der Waals surface area contributed by atoms with Crippen molar-refractivity contribution in [2.75, 3.05) is 6.61 Å². The number of hydrogen-bond donors (Lipinski definition) is 0. The average Bonchev–Trinajstić information content (AvgIpc) is 2.26. The van der Waals surface area contributed by atoms with Crippen molar-refractivity contribution in [3.05, 3.63) is 55.1 Å². The molecule has 0 fully saturated rings. The molecule has 2 aromatic carbocycles. The Balaban J connectivity index is 2.36. The Morgan fingerprint density at radius 3 is 3.14 bits per heavy atom. The van der Waals surface area contributed by atoms with Crippen molar-refractivity contribution in [2.45, 2.75) is 0 Å². The summed E-state index contributed by atoms with van der Waals surface area (Å²) in [6, 6.07) is 15.1. The van der Waals surface area contributed by atoms with E-state index < -0.39 is 0 Å². The molecule has 0 amide bonds. The Morgan fingerprint density at radius 1 is 1.36 bits per heavy atom. The van der Waals surface area contributed by atoms with E-state index in [9.17, 15) is 0 Å². The third kappa shape index (κ3) is 1.77. The first kappa shape index (κ1) is 8.82. The van der Waals surface area contributed by atoms with Gasteiger partial charge in [-0.2, -0.15) is 0 Å². The van der Waals surface area contributed by atoms with E-state index in [2.05, 4.69) is 12.6 Å². The molecule has 0 aliphatic carbocycles. The summed E-state index contributed by atoms with van der Waals surface area (Å²) in [4.78, 5) is 0. The van der Waals surface area contributed by atoms with Crippen molar-refractivity contribution in [1.29, 1.82) is 0 Å². The molecular formula is C13H11O. The molecule has 0 aliphatic rings. The lowest BCUT2D eigenvalue weighted by molar-refractivity contribution is 0.364. The van der Waals surface area contributed by atoms with E-state index in [0.717, 1.165) is 16.5 Å². The molecule has 0 aliphatic heterocycles. The summed E-state index contributed by atoms with van der Waals surface area (Å²) >= 11 is 0. The summed E-state index contributed by atoms with van der Waals surface area (Å²) in [5, 5.41) is 2.26. The number of rotatable bonds is 3. The maximum Gasteiger partial charge on any atom is 0.120 e. The molecule has 69 valence electrons. The third-order valence-corrected chi connectivity index (χ3v) is 2.00. The lowest BCUT2D eigenvalue weighted by Crippen LogP contribution is -1.91. The predicted octanol–water partition coefficient (Wildman–Crippen LogP) is 3.20. The first-order valence-electron chi connectivity index (χ1n) is 4.54. The van der Waals surface area contributed by atoms with Gasteiger partial charge in [0, 0.05) is 0 Å². The van der Waals surface area contributed by atoms with Gasteiger partial charge < -0.3 is 4.74 Å². The summed E-state index contributed by atoms with van der Waals surface area (Å²) in [6.07, 6.45) is 1.74. The lowest BCUT2D eigenvalue weighted by Gasteiger charge is -2.03. The zero-order valence-electron chi connectivity index (χ0n) is 7.86. The SMILES string of the molecule is C=CCOc1ccc2[c]cccc2c1. The Labute approximate surface area is 83.6 Å². The van der Waals surface area contributed by atoms with Gasteiger partial charge in [-0.25, -0.2) is 0 Å². The molecule has 0 N–H and O–H groups in total. The van der Waals surface area contributed by atoms with Gasteiger partial charge in [0.05, 0.1) is 0 Å². The molecule has 2 aromatic rings. The molecule has 1 nitrogen and oxygen atoms in total. The molecule has 0 atom stereocenters. The van der Waals surface area contributed by atoms with Gasteiger partial charge in [-0.3, -0.25) is 0 Å². The van der Waals surface area contributed by atoms with Gasteiger partial charge in [-0.05, 0) is 29.0 Å². The highest BCUT2D eigenvalue weighted by Gasteiger charge is 1.95. The molecule has 0 bridgehead atoms. The van der Waals surface area contributed by atoms with Gasteiger partial charge in [-0.1, -0.05) is 36.9 Å².